The number of benzene rings is 2. The van der Waals surface area contributed by atoms with Gasteiger partial charge in [0.15, 0.2) is 11.5 Å². The third-order valence-electron chi connectivity index (χ3n) is 3.65. The van der Waals surface area contributed by atoms with Gasteiger partial charge in [-0.05, 0) is 36.8 Å². The van der Waals surface area contributed by atoms with E-state index in [4.69, 9.17) is 14.7 Å². The van der Waals surface area contributed by atoms with Crippen molar-refractivity contribution in [3.8, 4) is 17.6 Å². The summed E-state index contributed by atoms with van der Waals surface area (Å²) in [5, 5.41) is 12.0. The molecule has 0 bridgehead atoms. The second-order valence-corrected chi connectivity index (χ2v) is 6.48. The SMILES string of the molecule is CCOc1ccc(C(=O)NCCSCc2ccccc2C#N)cc1OC. The molecule has 0 radical (unpaired) electrons. The van der Waals surface area contributed by atoms with Crippen LogP contribution < -0.4 is 14.8 Å². The second-order valence-electron chi connectivity index (χ2n) is 5.38. The largest absolute Gasteiger partial charge is 0.493 e. The van der Waals surface area contributed by atoms with E-state index < -0.39 is 0 Å². The van der Waals surface area contributed by atoms with Gasteiger partial charge in [-0.2, -0.15) is 17.0 Å². The number of carbonyl (C=O) groups excluding carboxylic acids is 1. The van der Waals surface area contributed by atoms with Gasteiger partial charge in [-0.25, -0.2) is 0 Å². The van der Waals surface area contributed by atoms with Gasteiger partial charge in [0.05, 0.1) is 25.3 Å². The molecule has 2 aromatic carbocycles. The highest BCUT2D eigenvalue weighted by Crippen LogP contribution is 2.28. The average molecular weight is 370 g/mol. The van der Waals surface area contributed by atoms with Gasteiger partial charge < -0.3 is 14.8 Å². The van der Waals surface area contributed by atoms with E-state index in [0.29, 0.717) is 35.8 Å². The molecular weight excluding hydrogens is 348 g/mol. The van der Waals surface area contributed by atoms with Crippen molar-refractivity contribution in [1.29, 1.82) is 5.26 Å². The van der Waals surface area contributed by atoms with Gasteiger partial charge in [0, 0.05) is 23.6 Å². The summed E-state index contributed by atoms with van der Waals surface area (Å²) in [6.07, 6.45) is 0. The maximum Gasteiger partial charge on any atom is 0.251 e. The van der Waals surface area contributed by atoms with Crippen LogP contribution in [0.1, 0.15) is 28.4 Å². The molecule has 0 aliphatic carbocycles. The van der Waals surface area contributed by atoms with Gasteiger partial charge in [-0.15, -0.1) is 0 Å². The third-order valence-corrected chi connectivity index (χ3v) is 4.66. The quantitative estimate of drug-likeness (QED) is 0.683. The smallest absolute Gasteiger partial charge is 0.251 e. The molecule has 0 aliphatic rings. The molecule has 2 rings (SSSR count). The molecule has 1 N–H and O–H groups in total. The Bertz CT molecular complexity index is 787. The van der Waals surface area contributed by atoms with E-state index in [9.17, 15) is 4.79 Å². The molecule has 0 aliphatic heterocycles. The Kier molecular flexibility index (Phi) is 7.84. The zero-order chi connectivity index (χ0) is 18.8. The van der Waals surface area contributed by atoms with Crippen LogP contribution in [0.4, 0.5) is 0 Å². The number of nitrogens with zero attached hydrogens (tertiary/aromatic N) is 1. The zero-order valence-electron chi connectivity index (χ0n) is 15.0. The van der Waals surface area contributed by atoms with Crippen LogP contribution >= 0.6 is 11.8 Å². The van der Waals surface area contributed by atoms with Crippen molar-refractivity contribution in [2.75, 3.05) is 26.0 Å². The van der Waals surface area contributed by atoms with Crippen LogP contribution in [0.25, 0.3) is 0 Å². The highest BCUT2D eigenvalue weighted by atomic mass is 32.2. The molecule has 0 aromatic heterocycles. The van der Waals surface area contributed by atoms with E-state index in [1.807, 2.05) is 31.2 Å². The number of hydrogen-bond donors (Lipinski definition) is 1. The maximum atomic E-state index is 12.3. The first kappa shape index (κ1) is 19.7. The summed E-state index contributed by atoms with van der Waals surface area (Å²) in [5.74, 6) is 2.53. The zero-order valence-corrected chi connectivity index (χ0v) is 15.8. The Balaban J connectivity index is 1.81. The Morgan fingerprint density at radius 2 is 2.04 bits per heavy atom. The fourth-order valence-electron chi connectivity index (χ4n) is 2.36. The van der Waals surface area contributed by atoms with Crippen molar-refractivity contribution in [2.24, 2.45) is 0 Å². The molecule has 1 amide bonds. The Morgan fingerprint density at radius 3 is 2.77 bits per heavy atom. The number of nitrogens with one attached hydrogen (secondary N) is 1. The van der Waals surface area contributed by atoms with Gasteiger partial charge in [-0.1, -0.05) is 18.2 Å². The van der Waals surface area contributed by atoms with E-state index >= 15 is 0 Å². The van der Waals surface area contributed by atoms with Crippen LogP contribution in [0.3, 0.4) is 0 Å². The Labute approximate surface area is 158 Å². The van der Waals surface area contributed by atoms with Crippen LogP contribution in [0.15, 0.2) is 42.5 Å². The van der Waals surface area contributed by atoms with Gasteiger partial charge in [0.25, 0.3) is 5.91 Å². The lowest BCUT2D eigenvalue weighted by atomic mass is 10.1. The number of ether oxygens (including phenoxy) is 2. The van der Waals surface area contributed by atoms with Crippen molar-refractivity contribution in [3.63, 3.8) is 0 Å². The molecule has 0 saturated carbocycles. The molecule has 0 spiro atoms. The lowest BCUT2D eigenvalue weighted by Crippen LogP contribution is -2.25. The molecule has 2 aromatic rings. The van der Waals surface area contributed by atoms with Crippen LogP contribution in [0.5, 0.6) is 11.5 Å². The summed E-state index contributed by atoms with van der Waals surface area (Å²) >= 11 is 1.68. The molecule has 26 heavy (non-hydrogen) atoms. The lowest BCUT2D eigenvalue weighted by molar-refractivity contribution is 0.0955. The van der Waals surface area contributed by atoms with Crippen molar-refractivity contribution in [2.45, 2.75) is 12.7 Å². The van der Waals surface area contributed by atoms with Gasteiger partial charge in [0.1, 0.15) is 0 Å². The van der Waals surface area contributed by atoms with Crippen molar-refractivity contribution in [3.05, 3.63) is 59.2 Å². The molecule has 0 atom stereocenters. The van der Waals surface area contributed by atoms with E-state index in [1.165, 1.54) is 0 Å². The molecule has 0 saturated heterocycles. The average Bonchev–Trinajstić information content (AvgIpc) is 2.68. The third kappa shape index (κ3) is 5.43. The predicted molar refractivity (Wildman–Crippen MR) is 104 cm³/mol. The fraction of sp³-hybridized carbons (Fsp3) is 0.300. The molecule has 0 heterocycles. The summed E-state index contributed by atoms with van der Waals surface area (Å²) in [7, 11) is 1.55. The number of methoxy groups -OCH3 is 1. The maximum absolute atomic E-state index is 12.3. The van der Waals surface area contributed by atoms with Gasteiger partial charge >= 0.3 is 0 Å². The van der Waals surface area contributed by atoms with Crippen molar-refractivity contribution in [1.82, 2.24) is 5.32 Å². The monoisotopic (exact) mass is 370 g/mol. The summed E-state index contributed by atoms with van der Waals surface area (Å²) < 4.78 is 10.7. The van der Waals surface area contributed by atoms with Crippen LogP contribution in [0.2, 0.25) is 0 Å². The normalized spacial score (nSPS) is 10.0. The second kappa shape index (κ2) is 10.4. The first-order chi connectivity index (χ1) is 12.7. The fourth-order valence-corrected chi connectivity index (χ4v) is 3.22. The molecule has 0 fully saturated rings. The number of nitriles is 1. The van der Waals surface area contributed by atoms with Crippen LogP contribution in [-0.4, -0.2) is 31.9 Å². The number of thioether (sulfide) groups is 1. The van der Waals surface area contributed by atoms with E-state index in [1.54, 1.807) is 37.1 Å². The van der Waals surface area contributed by atoms with Crippen LogP contribution in [-0.2, 0) is 5.75 Å². The topological polar surface area (TPSA) is 71.3 Å². The van der Waals surface area contributed by atoms with Gasteiger partial charge in [-0.3, -0.25) is 4.79 Å². The van der Waals surface area contributed by atoms with Crippen molar-refractivity contribution >= 4 is 17.7 Å². The summed E-state index contributed by atoms with van der Waals surface area (Å²) in [4.78, 5) is 12.3. The molecular formula is C20H22N2O3S. The minimum Gasteiger partial charge on any atom is -0.493 e. The summed E-state index contributed by atoms with van der Waals surface area (Å²) in [5.41, 5.74) is 2.25. The standard InChI is InChI=1S/C20H22N2O3S/c1-3-25-18-9-8-15(12-19(18)24-2)20(23)22-10-11-26-14-17-7-5-4-6-16(17)13-21/h4-9,12H,3,10-11,14H2,1-2H3,(H,22,23). The van der Waals surface area contributed by atoms with Crippen LogP contribution in [0, 0.1) is 11.3 Å². The number of carbonyl (C=O) groups is 1. The molecule has 5 nitrogen and oxygen atoms in total. The molecule has 0 unspecified atom stereocenters. The van der Waals surface area contributed by atoms with E-state index in [0.717, 1.165) is 17.1 Å². The predicted octanol–water partition coefficient (Wildman–Crippen LogP) is 3.63. The minimum atomic E-state index is -0.149. The summed E-state index contributed by atoms with van der Waals surface area (Å²) in [6.45, 7) is 2.98. The lowest BCUT2D eigenvalue weighted by Gasteiger charge is -2.11. The summed E-state index contributed by atoms with van der Waals surface area (Å²) in [6, 6.07) is 14.9. The molecule has 136 valence electrons. The van der Waals surface area contributed by atoms with E-state index in [2.05, 4.69) is 11.4 Å². The number of hydrogen-bond acceptors (Lipinski definition) is 5. The molecule has 6 heteroatoms. The van der Waals surface area contributed by atoms with Crippen molar-refractivity contribution < 1.29 is 14.3 Å². The first-order valence-electron chi connectivity index (χ1n) is 8.34. The Morgan fingerprint density at radius 1 is 1.23 bits per heavy atom. The highest BCUT2D eigenvalue weighted by molar-refractivity contribution is 7.98. The highest BCUT2D eigenvalue weighted by Gasteiger charge is 2.10. The Hall–Kier alpha value is -2.65. The first-order valence-corrected chi connectivity index (χ1v) is 9.49. The van der Waals surface area contributed by atoms with Gasteiger partial charge in [0.2, 0.25) is 0 Å². The number of amides is 1. The van der Waals surface area contributed by atoms with E-state index in [-0.39, 0.29) is 5.91 Å². The number of rotatable bonds is 9. The minimum absolute atomic E-state index is 0.149.